The van der Waals surface area contributed by atoms with Gasteiger partial charge in [-0.05, 0) is 66.5 Å². The minimum atomic E-state index is -0.388. The number of tetrazole rings is 1. The number of likely N-dealkylation sites (N-methyl/N-ethyl adjacent to an activating group) is 1. The van der Waals surface area contributed by atoms with E-state index in [-0.39, 0.29) is 17.9 Å². The van der Waals surface area contributed by atoms with Gasteiger partial charge in [0.2, 0.25) is 5.16 Å². The van der Waals surface area contributed by atoms with E-state index in [0.717, 1.165) is 49.7 Å². The molecular weight excluding hydrogens is 455 g/mol. The molecule has 1 saturated heterocycles. The SMILES string of the molecule is CCN1CCN(c2ccc(F)cc2C(C)NC(=O)Nc2cccc(-n3nnnc3SC)c2)CC1. The van der Waals surface area contributed by atoms with E-state index in [1.165, 1.54) is 23.9 Å². The van der Waals surface area contributed by atoms with Crippen molar-refractivity contribution < 1.29 is 9.18 Å². The Bertz CT molecular complexity index is 1130. The zero-order chi connectivity index (χ0) is 24.1. The Morgan fingerprint density at radius 3 is 2.71 bits per heavy atom. The number of nitrogens with one attached hydrogen (secondary N) is 2. The predicted molar refractivity (Wildman–Crippen MR) is 132 cm³/mol. The lowest BCUT2D eigenvalue weighted by atomic mass is 10.0. The number of halogens is 1. The van der Waals surface area contributed by atoms with Crippen LogP contribution in [0.25, 0.3) is 5.69 Å². The number of urea groups is 1. The Labute approximate surface area is 202 Å². The van der Waals surface area contributed by atoms with E-state index in [1.807, 2.05) is 25.3 Å². The zero-order valence-corrected chi connectivity index (χ0v) is 20.3. The third kappa shape index (κ3) is 5.48. The van der Waals surface area contributed by atoms with E-state index in [4.69, 9.17) is 0 Å². The monoisotopic (exact) mass is 484 g/mol. The first-order chi connectivity index (χ1) is 16.5. The molecule has 0 radical (unpaired) electrons. The summed E-state index contributed by atoms with van der Waals surface area (Å²) in [5.41, 5.74) is 3.04. The van der Waals surface area contributed by atoms with Crippen LogP contribution in [0.5, 0.6) is 0 Å². The maximum Gasteiger partial charge on any atom is 0.319 e. The fourth-order valence-corrected chi connectivity index (χ4v) is 4.52. The molecule has 1 unspecified atom stereocenters. The van der Waals surface area contributed by atoms with E-state index in [1.54, 1.807) is 22.9 Å². The molecule has 0 bridgehead atoms. The molecule has 1 atom stereocenters. The highest BCUT2D eigenvalue weighted by atomic mass is 32.2. The van der Waals surface area contributed by atoms with E-state index < -0.39 is 0 Å². The molecule has 0 saturated carbocycles. The molecule has 2 amide bonds. The van der Waals surface area contributed by atoms with Gasteiger partial charge >= 0.3 is 6.03 Å². The van der Waals surface area contributed by atoms with Gasteiger partial charge < -0.3 is 20.4 Å². The van der Waals surface area contributed by atoms with Gasteiger partial charge in [-0.3, -0.25) is 0 Å². The van der Waals surface area contributed by atoms with Crippen molar-refractivity contribution in [1.82, 2.24) is 30.4 Å². The van der Waals surface area contributed by atoms with Crippen molar-refractivity contribution in [3.8, 4) is 5.69 Å². The summed E-state index contributed by atoms with van der Waals surface area (Å²) in [6.07, 6.45) is 1.89. The molecule has 3 aromatic rings. The van der Waals surface area contributed by atoms with Gasteiger partial charge in [-0.1, -0.05) is 24.8 Å². The molecule has 1 aliphatic heterocycles. The highest BCUT2D eigenvalue weighted by Crippen LogP contribution is 2.28. The van der Waals surface area contributed by atoms with Gasteiger partial charge in [0.1, 0.15) is 5.82 Å². The second-order valence-electron chi connectivity index (χ2n) is 8.07. The molecule has 11 heteroatoms. The maximum atomic E-state index is 14.1. The van der Waals surface area contributed by atoms with Crippen LogP contribution in [0, 0.1) is 5.82 Å². The number of nitrogens with zero attached hydrogens (tertiary/aromatic N) is 6. The van der Waals surface area contributed by atoms with E-state index in [0.29, 0.717) is 10.8 Å². The van der Waals surface area contributed by atoms with Gasteiger partial charge in [0.25, 0.3) is 0 Å². The van der Waals surface area contributed by atoms with Gasteiger partial charge in [0.05, 0.1) is 11.7 Å². The number of carbonyl (C=O) groups is 1. The van der Waals surface area contributed by atoms with Crippen molar-refractivity contribution in [3.63, 3.8) is 0 Å². The lowest BCUT2D eigenvalue weighted by Crippen LogP contribution is -2.46. The number of rotatable bonds is 7. The summed E-state index contributed by atoms with van der Waals surface area (Å²) < 4.78 is 15.7. The Balaban J connectivity index is 1.45. The first-order valence-corrected chi connectivity index (χ1v) is 12.5. The van der Waals surface area contributed by atoms with Crippen LogP contribution in [-0.4, -0.2) is 70.1 Å². The summed E-state index contributed by atoms with van der Waals surface area (Å²) in [5.74, 6) is -0.321. The molecule has 34 heavy (non-hydrogen) atoms. The summed E-state index contributed by atoms with van der Waals surface area (Å²) in [6.45, 7) is 8.71. The van der Waals surface area contributed by atoms with Crippen LogP contribution in [0.15, 0.2) is 47.6 Å². The average Bonchev–Trinajstić information content (AvgIpc) is 3.33. The molecule has 180 valence electrons. The summed E-state index contributed by atoms with van der Waals surface area (Å²) >= 11 is 1.43. The van der Waals surface area contributed by atoms with Crippen LogP contribution >= 0.6 is 11.8 Å². The van der Waals surface area contributed by atoms with E-state index in [2.05, 4.69) is 42.9 Å². The molecule has 2 aromatic carbocycles. The highest BCUT2D eigenvalue weighted by molar-refractivity contribution is 7.98. The Morgan fingerprint density at radius 2 is 1.97 bits per heavy atom. The standard InChI is InChI=1S/C23H29FN8OS/c1-4-30-10-12-31(13-11-30)21-9-8-17(24)14-20(21)16(2)25-22(33)26-18-6-5-7-19(15-18)32-23(34-3)27-28-29-32/h5-9,14-16H,4,10-13H2,1-3H3,(H2,25,26,33). The first kappa shape index (κ1) is 24.0. The number of carbonyl (C=O) groups excluding carboxylic acids is 1. The molecule has 2 N–H and O–H groups in total. The number of hydrogen-bond acceptors (Lipinski definition) is 7. The summed E-state index contributed by atoms with van der Waals surface area (Å²) in [4.78, 5) is 17.4. The normalized spacial score (nSPS) is 15.2. The summed E-state index contributed by atoms with van der Waals surface area (Å²) in [6, 6.07) is 11.3. The van der Waals surface area contributed by atoms with Crippen LogP contribution < -0.4 is 15.5 Å². The average molecular weight is 485 g/mol. The van der Waals surface area contributed by atoms with Crippen molar-refractivity contribution in [3.05, 3.63) is 53.8 Å². The van der Waals surface area contributed by atoms with Gasteiger partial charge in [-0.2, -0.15) is 4.68 Å². The molecule has 1 aliphatic rings. The smallest absolute Gasteiger partial charge is 0.319 e. The third-order valence-corrected chi connectivity index (χ3v) is 6.56. The van der Waals surface area contributed by atoms with E-state index in [9.17, 15) is 9.18 Å². The van der Waals surface area contributed by atoms with Crippen LogP contribution in [0.2, 0.25) is 0 Å². The van der Waals surface area contributed by atoms with Crippen molar-refractivity contribution in [2.24, 2.45) is 0 Å². The molecule has 4 rings (SSSR count). The van der Waals surface area contributed by atoms with Crippen LogP contribution in [0.1, 0.15) is 25.5 Å². The second-order valence-corrected chi connectivity index (χ2v) is 8.85. The number of anilines is 2. The van der Waals surface area contributed by atoms with Crippen molar-refractivity contribution in [2.75, 3.05) is 49.2 Å². The van der Waals surface area contributed by atoms with Crippen LogP contribution in [0.3, 0.4) is 0 Å². The Hall–Kier alpha value is -3.18. The van der Waals surface area contributed by atoms with Crippen LogP contribution in [0.4, 0.5) is 20.6 Å². The Morgan fingerprint density at radius 1 is 1.18 bits per heavy atom. The van der Waals surface area contributed by atoms with Crippen molar-refractivity contribution in [1.29, 1.82) is 0 Å². The third-order valence-electron chi connectivity index (χ3n) is 5.94. The summed E-state index contributed by atoms with van der Waals surface area (Å²) in [7, 11) is 0. The number of benzene rings is 2. The molecule has 0 aliphatic carbocycles. The highest BCUT2D eigenvalue weighted by Gasteiger charge is 2.22. The van der Waals surface area contributed by atoms with Gasteiger partial charge in [-0.15, -0.1) is 5.10 Å². The molecular formula is C23H29FN8OS. The largest absolute Gasteiger partial charge is 0.369 e. The number of aromatic nitrogens is 4. The van der Waals surface area contributed by atoms with Gasteiger partial charge in [0, 0.05) is 43.1 Å². The molecule has 2 heterocycles. The number of thioether (sulfide) groups is 1. The quantitative estimate of drug-likeness (QED) is 0.496. The summed E-state index contributed by atoms with van der Waals surface area (Å²) in [5, 5.41) is 18.1. The lowest BCUT2D eigenvalue weighted by molar-refractivity contribution is 0.249. The fourth-order valence-electron chi connectivity index (χ4n) is 4.09. The number of amides is 2. The molecule has 1 aromatic heterocycles. The molecule has 0 spiro atoms. The maximum absolute atomic E-state index is 14.1. The van der Waals surface area contributed by atoms with Crippen molar-refractivity contribution in [2.45, 2.75) is 25.0 Å². The zero-order valence-electron chi connectivity index (χ0n) is 19.5. The fraction of sp³-hybridized carbons (Fsp3) is 0.391. The van der Waals surface area contributed by atoms with Gasteiger partial charge in [-0.25, -0.2) is 9.18 Å². The minimum absolute atomic E-state index is 0.321. The van der Waals surface area contributed by atoms with Crippen molar-refractivity contribution >= 4 is 29.2 Å². The van der Waals surface area contributed by atoms with Crippen LogP contribution in [-0.2, 0) is 0 Å². The molecule has 1 fully saturated rings. The lowest BCUT2D eigenvalue weighted by Gasteiger charge is -2.37. The van der Waals surface area contributed by atoms with E-state index >= 15 is 0 Å². The first-order valence-electron chi connectivity index (χ1n) is 11.3. The second kappa shape index (κ2) is 10.8. The number of piperazine rings is 1. The number of hydrogen-bond donors (Lipinski definition) is 2. The molecule has 9 nitrogen and oxygen atoms in total. The minimum Gasteiger partial charge on any atom is -0.369 e. The topological polar surface area (TPSA) is 91.2 Å². The predicted octanol–water partition coefficient (Wildman–Crippen LogP) is 3.55. The Kier molecular flexibility index (Phi) is 7.63. The van der Waals surface area contributed by atoms with Gasteiger partial charge in [0.15, 0.2) is 0 Å².